The van der Waals surface area contributed by atoms with Gasteiger partial charge in [-0.15, -0.1) is 11.3 Å². The number of pyridine rings is 1. The van der Waals surface area contributed by atoms with Gasteiger partial charge in [0.05, 0.1) is 21.9 Å². The number of thiophene rings is 1. The summed E-state index contributed by atoms with van der Waals surface area (Å²) in [7, 11) is 0. The highest BCUT2D eigenvalue weighted by Gasteiger charge is 2.27. The monoisotopic (exact) mass is 329 g/mol. The first-order valence-electron chi connectivity index (χ1n) is 8.61. The summed E-state index contributed by atoms with van der Waals surface area (Å²) >= 11 is 1.72. The van der Waals surface area contributed by atoms with E-state index in [-0.39, 0.29) is 0 Å². The molecule has 122 valence electrons. The van der Waals surface area contributed by atoms with E-state index in [0.29, 0.717) is 6.04 Å². The Morgan fingerprint density at radius 2 is 2.09 bits per heavy atom. The van der Waals surface area contributed by atoms with Crippen LogP contribution in [-0.2, 0) is 0 Å². The lowest BCUT2D eigenvalue weighted by atomic mass is 9.84. The summed E-state index contributed by atoms with van der Waals surface area (Å²) in [5.74, 6) is 1.65. The molecule has 1 atom stereocenters. The van der Waals surface area contributed by atoms with Crippen LogP contribution in [0.5, 0.6) is 0 Å². The van der Waals surface area contributed by atoms with Crippen molar-refractivity contribution in [2.24, 2.45) is 5.92 Å². The maximum absolute atomic E-state index is 10.3. The van der Waals surface area contributed by atoms with E-state index in [9.17, 15) is 5.11 Å². The first kappa shape index (κ1) is 15.1. The highest BCUT2D eigenvalue weighted by Crippen LogP contribution is 2.39. The fourth-order valence-corrected chi connectivity index (χ4v) is 4.86. The average molecular weight is 329 g/mol. The molecule has 0 saturated heterocycles. The van der Waals surface area contributed by atoms with E-state index in [0.717, 1.165) is 22.8 Å². The van der Waals surface area contributed by atoms with Gasteiger partial charge in [-0.3, -0.25) is 4.98 Å². The maximum atomic E-state index is 10.3. The number of rotatable bonds is 3. The van der Waals surface area contributed by atoms with Gasteiger partial charge in [-0.25, -0.2) is 4.98 Å². The fourth-order valence-electron chi connectivity index (χ4n) is 3.97. The number of aliphatic hydroxyl groups excluding tert-OH is 1. The molecule has 1 N–H and O–H groups in total. The third-order valence-corrected chi connectivity index (χ3v) is 6.19. The van der Waals surface area contributed by atoms with E-state index < -0.39 is 6.10 Å². The summed E-state index contributed by atoms with van der Waals surface area (Å²) in [5, 5.41) is 12.3. The number of imidazole rings is 1. The lowest BCUT2D eigenvalue weighted by Crippen LogP contribution is -2.20. The summed E-state index contributed by atoms with van der Waals surface area (Å²) < 4.78 is 3.52. The molecule has 0 spiro atoms. The zero-order chi connectivity index (χ0) is 16.0. The van der Waals surface area contributed by atoms with E-state index in [2.05, 4.69) is 27.9 Å². The predicted molar refractivity (Wildman–Crippen MR) is 94.8 cm³/mol. The second-order valence-electron chi connectivity index (χ2n) is 6.73. The molecule has 3 aromatic heterocycles. The van der Waals surface area contributed by atoms with E-state index >= 15 is 0 Å². The Morgan fingerprint density at radius 3 is 2.78 bits per heavy atom. The Balaban J connectivity index is 1.88. The van der Waals surface area contributed by atoms with Crippen molar-refractivity contribution in [1.82, 2.24) is 14.5 Å². The molecule has 1 aliphatic rings. The molecule has 4 nitrogen and oxygen atoms in total. The summed E-state index contributed by atoms with van der Waals surface area (Å²) in [6.45, 7) is 4.11. The topological polar surface area (TPSA) is 50.9 Å². The largest absolute Gasteiger partial charge is 0.385 e. The minimum absolute atomic E-state index is 0.445. The number of hydrogen-bond acceptors (Lipinski definition) is 4. The molecule has 4 rings (SSSR count). The quantitative estimate of drug-likeness (QED) is 0.748. The highest BCUT2D eigenvalue weighted by atomic mass is 32.1. The van der Waals surface area contributed by atoms with E-state index in [1.165, 1.54) is 42.3 Å². The van der Waals surface area contributed by atoms with E-state index in [1.54, 1.807) is 11.3 Å². The highest BCUT2D eigenvalue weighted by molar-refractivity contribution is 7.18. The van der Waals surface area contributed by atoms with Crippen LogP contribution in [0.3, 0.4) is 0 Å². The molecule has 1 aliphatic carbocycles. The Bertz CT molecular complexity index is 827. The number of aliphatic hydroxyl groups is 1. The molecule has 0 radical (unpaired) electrons. The summed E-state index contributed by atoms with van der Waals surface area (Å²) in [6.07, 6.45) is 7.49. The molecule has 0 unspecified atom stereocenters. The van der Waals surface area contributed by atoms with Crippen LogP contribution in [-0.4, -0.2) is 19.6 Å². The van der Waals surface area contributed by atoms with Gasteiger partial charge in [-0.05, 0) is 50.0 Å². The average Bonchev–Trinajstić information content (AvgIpc) is 3.18. The normalized spacial score (nSPS) is 23.6. The van der Waals surface area contributed by atoms with Crippen molar-refractivity contribution in [3.8, 4) is 0 Å². The van der Waals surface area contributed by atoms with Crippen molar-refractivity contribution in [3.63, 3.8) is 0 Å². The molecule has 0 bridgehead atoms. The lowest BCUT2D eigenvalue weighted by molar-refractivity contribution is 0.174. The van der Waals surface area contributed by atoms with Crippen molar-refractivity contribution in [1.29, 1.82) is 0 Å². The molecule has 5 heteroatoms. The Kier molecular flexibility index (Phi) is 3.85. The summed E-state index contributed by atoms with van der Waals surface area (Å²) in [5.41, 5.74) is 3.11. The van der Waals surface area contributed by atoms with Gasteiger partial charge in [0.1, 0.15) is 17.4 Å². The standard InChI is InChI=1S/C18H23N3OS/c1-3-12-4-6-13(7-5-12)21-16-15(20-18(21)11(2)22)10-19-14-8-9-23-17(14)16/h8-13,22H,3-7H2,1-2H3/t11-,12-,13-/m1/s1. The SMILES string of the molecule is CC[C@H]1CC[C@H](n2c([C@@H](C)O)nc3cnc4ccsc4c32)CC1. The van der Waals surface area contributed by atoms with Crippen LogP contribution in [0.4, 0.5) is 0 Å². The Hall–Kier alpha value is -1.46. The van der Waals surface area contributed by atoms with Crippen LogP contribution in [0.15, 0.2) is 17.6 Å². The number of hydrogen-bond donors (Lipinski definition) is 1. The minimum Gasteiger partial charge on any atom is -0.385 e. The molecule has 3 heterocycles. The van der Waals surface area contributed by atoms with Gasteiger partial charge >= 0.3 is 0 Å². The number of aromatic nitrogens is 3. The van der Waals surface area contributed by atoms with Crippen LogP contribution in [0.25, 0.3) is 21.3 Å². The van der Waals surface area contributed by atoms with Crippen molar-refractivity contribution < 1.29 is 5.11 Å². The lowest BCUT2D eigenvalue weighted by Gasteiger charge is -2.30. The van der Waals surface area contributed by atoms with Crippen LogP contribution in [0.2, 0.25) is 0 Å². The van der Waals surface area contributed by atoms with Gasteiger partial charge in [0.25, 0.3) is 0 Å². The zero-order valence-electron chi connectivity index (χ0n) is 13.7. The van der Waals surface area contributed by atoms with Gasteiger partial charge in [0.2, 0.25) is 0 Å². The third kappa shape index (κ3) is 2.46. The second-order valence-corrected chi connectivity index (χ2v) is 7.64. The molecule has 1 saturated carbocycles. The van der Waals surface area contributed by atoms with Crippen LogP contribution < -0.4 is 0 Å². The number of fused-ring (bicyclic) bond motifs is 3. The smallest absolute Gasteiger partial charge is 0.138 e. The molecule has 0 aliphatic heterocycles. The number of nitrogens with zero attached hydrogens (tertiary/aromatic N) is 3. The Morgan fingerprint density at radius 1 is 1.30 bits per heavy atom. The molecule has 23 heavy (non-hydrogen) atoms. The predicted octanol–water partition coefficient (Wildman–Crippen LogP) is 4.84. The second kappa shape index (κ2) is 5.87. The van der Waals surface area contributed by atoms with Gasteiger partial charge in [0, 0.05) is 6.04 Å². The van der Waals surface area contributed by atoms with Gasteiger partial charge in [-0.1, -0.05) is 13.3 Å². The van der Waals surface area contributed by atoms with Gasteiger partial charge < -0.3 is 9.67 Å². The molecule has 0 amide bonds. The van der Waals surface area contributed by atoms with Crippen LogP contribution in [0, 0.1) is 5.92 Å². The van der Waals surface area contributed by atoms with Crippen LogP contribution in [0.1, 0.15) is 63.9 Å². The van der Waals surface area contributed by atoms with E-state index in [4.69, 9.17) is 4.98 Å². The van der Waals surface area contributed by atoms with E-state index in [1.807, 2.05) is 13.1 Å². The zero-order valence-corrected chi connectivity index (χ0v) is 14.5. The summed E-state index contributed by atoms with van der Waals surface area (Å²) in [6, 6.07) is 2.51. The summed E-state index contributed by atoms with van der Waals surface area (Å²) in [4.78, 5) is 9.22. The molecular formula is C18H23N3OS. The van der Waals surface area contributed by atoms with Gasteiger partial charge in [0.15, 0.2) is 0 Å². The van der Waals surface area contributed by atoms with Crippen molar-refractivity contribution in [3.05, 3.63) is 23.5 Å². The third-order valence-electron chi connectivity index (χ3n) is 5.28. The molecular weight excluding hydrogens is 306 g/mol. The Labute approximate surface area is 140 Å². The minimum atomic E-state index is -0.554. The molecule has 1 fully saturated rings. The van der Waals surface area contributed by atoms with Crippen molar-refractivity contribution in [2.45, 2.75) is 58.1 Å². The fraction of sp³-hybridized carbons (Fsp3) is 0.556. The first-order chi connectivity index (χ1) is 11.2. The first-order valence-corrected chi connectivity index (χ1v) is 9.49. The molecule has 0 aromatic carbocycles. The maximum Gasteiger partial charge on any atom is 0.138 e. The van der Waals surface area contributed by atoms with Gasteiger partial charge in [-0.2, -0.15) is 0 Å². The van der Waals surface area contributed by atoms with Crippen LogP contribution >= 0.6 is 11.3 Å². The van der Waals surface area contributed by atoms with Crippen molar-refractivity contribution in [2.75, 3.05) is 0 Å². The van der Waals surface area contributed by atoms with Crippen molar-refractivity contribution >= 4 is 32.6 Å². The molecule has 3 aromatic rings.